The Morgan fingerprint density at radius 2 is 2.12 bits per heavy atom. The molecule has 2 rings (SSSR count). The first-order valence-electron chi connectivity index (χ1n) is 6.24. The summed E-state index contributed by atoms with van der Waals surface area (Å²) in [4.78, 5) is 0. The zero-order valence-corrected chi connectivity index (χ0v) is 10.3. The van der Waals surface area contributed by atoms with E-state index in [0.717, 1.165) is 50.2 Å². The molecule has 0 radical (unpaired) electrons. The van der Waals surface area contributed by atoms with Gasteiger partial charge in [0.1, 0.15) is 5.75 Å². The van der Waals surface area contributed by atoms with E-state index in [-0.39, 0.29) is 6.10 Å². The Morgan fingerprint density at radius 3 is 2.94 bits per heavy atom. The Labute approximate surface area is 102 Å². The number of methoxy groups -OCH3 is 1. The van der Waals surface area contributed by atoms with Crippen LogP contribution < -0.4 is 4.74 Å². The molecule has 3 nitrogen and oxygen atoms in total. The lowest BCUT2D eigenvalue weighted by molar-refractivity contribution is 0.180. The number of hydrogen-bond donors (Lipinski definition) is 1. The van der Waals surface area contributed by atoms with Crippen LogP contribution in [0.25, 0.3) is 0 Å². The lowest BCUT2D eigenvalue weighted by atomic mass is 10.1. The molecule has 17 heavy (non-hydrogen) atoms. The number of aliphatic hydroxyl groups excluding tert-OH is 1. The summed E-state index contributed by atoms with van der Waals surface area (Å²) in [5, 5.41) is 9.69. The highest BCUT2D eigenvalue weighted by atomic mass is 16.5. The van der Waals surface area contributed by atoms with Crippen LogP contribution in [0.4, 0.5) is 0 Å². The topological polar surface area (TPSA) is 38.7 Å². The lowest BCUT2D eigenvalue weighted by Gasteiger charge is -2.08. The van der Waals surface area contributed by atoms with Crippen molar-refractivity contribution < 1.29 is 14.6 Å². The number of unbranched alkanes of at least 4 members (excludes halogenated alkanes) is 1. The molecule has 1 aliphatic carbocycles. The molecule has 0 fully saturated rings. The van der Waals surface area contributed by atoms with Gasteiger partial charge in [-0.05, 0) is 48.9 Å². The van der Waals surface area contributed by atoms with Gasteiger partial charge in [0.2, 0.25) is 0 Å². The van der Waals surface area contributed by atoms with Gasteiger partial charge < -0.3 is 14.6 Å². The van der Waals surface area contributed by atoms with Crippen molar-refractivity contribution in [1.29, 1.82) is 0 Å². The second-order valence-electron chi connectivity index (χ2n) is 4.46. The van der Waals surface area contributed by atoms with Crippen LogP contribution >= 0.6 is 0 Å². The smallest absolute Gasteiger partial charge is 0.119 e. The minimum absolute atomic E-state index is 0.277. The number of benzene rings is 1. The average Bonchev–Trinajstić information content (AvgIpc) is 2.71. The van der Waals surface area contributed by atoms with Crippen molar-refractivity contribution in [2.24, 2.45) is 0 Å². The highest BCUT2D eigenvalue weighted by Crippen LogP contribution is 2.33. The third kappa shape index (κ3) is 3.20. The van der Waals surface area contributed by atoms with Gasteiger partial charge in [0.15, 0.2) is 0 Å². The molecular weight excluding hydrogens is 216 g/mol. The first kappa shape index (κ1) is 12.4. The molecule has 1 atom stereocenters. The maximum Gasteiger partial charge on any atom is 0.119 e. The van der Waals surface area contributed by atoms with E-state index < -0.39 is 0 Å². The van der Waals surface area contributed by atoms with Gasteiger partial charge in [-0.2, -0.15) is 0 Å². The van der Waals surface area contributed by atoms with Crippen molar-refractivity contribution in [2.75, 3.05) is 20.3 Å². The molecule has 1 aliphatic rings. The van der Waals surface area contributed by atoms with Crippen LogP contribution in [-0.2, 0) is 11.2 Å². The number of aliphatic hydroxyl groups is 1. The van der Waals surface area contributed by atoms with Gasteiger partial charge in [-0.15, -0.1) is 0 Å². The van der Waals surface area contributed by atoms with Crippen LogP contribution in [-0.4, -0.2) is 25.4 Å². The quantitative estimate of drug-likeness (QED) is 0.771. The van der Waals surface area contributed by atoms with Crippen molar-refractivity contribution >= 4 is 0 Å². The van der Waals surface area contributed by atoms with E-state index >= 15 is 0 Å². The van der Waals surface area contributed by atoms with Gasteiger partial charge in [-0.1, -0.05) is 6.07 Å². The second kappa shape index (κ2) is 6.03. The molecule has 94 valence electrons. The van der Waals surface area contributed by atoms with E-state index in [4.69, 9.17) is 9.47 Å². The fourth-order valence-corrected chi connectivity index (χ4v) is 2.20. The predicted molar refractivity (Wildman–Crippen MR) is 66.3 cm³/mol. The van der Waals surface area contributed by atoms with Crippen LogP contribution in [0.5, 0.6) is 5.75 Å². The van der Waals surface area contributed by atoms with E-state index in [2.05, 4.69) is 6.07 Å². The van der Waals surface area contributed by atoms with Gasteiger partial charge in [0.05, 0.1) is 12.7 Å². The Morgan fingerprint density at radius 1 is 1.29 bits per heavy atom. The molecule has 1 unspecified atom stereocenters. The van der Waals surface area contributed by atoms with Crippen LogP contribution in [0.15, 0.2) is 18.2 Å². The zero-order chi connectivity index (χ0) is 12.1. The summed E-state index contributed by atoms with van der Waals surface area (Å²) in [5.41, 5.74) is 2.30. The summed E-state index contributed by atoms with van der Waals surface area (Å²) >= 11 is 0. The second-order valence-corrected chi connectivity index (χ2v) is 4.46. The van der Waals surface area contributed by atoms with Crippen molar-refractivity contribution in [3.05, 3.63) is 29.3 Å². The molecule has 0 amide bonds. The molecule has 1 aromatic carbocycles. The number of aryl methyl sites for hydroxylation is 1. The Balaban J connectivity index is 1.82. The molecule has 0 spiro atoms. The fourth-order valence-electron chi connectivity index (χ4n) is 2.20. The van der Waals surface area contributed by atoms with Crippen LogP contribution in [0, 0.1) is 0 Å². The van der Waals surface area contributed by atoms with Crippen molar-refractivity contribution in [1.82, 2.24) is 0 Å². The third-order valence-electron chi connectivity index (χ3n) is 3.17. The number of rotatable bonds is 6. The van der Waals surface area contributed by atoms with Gasteiger partial charge in [-0.25, -0.2) is 0 Å². The van der Waals surface area contributed by atoms with Gasteiger partial charge in [0.25, 0.3) is 0 Å². The zero-order valence-electron chi connectivity index (χ0n) is 10.3. The summed E-state index contributed by atoms with van der Waals surface area (Å²) in [6, 6.07) is 5.99. The largest absolute Gasteiger partial charge is 0.494 e. The molecule has 1 N–H and O–H groups in total. The number of fused-ring (bicyclic) bond motifs is 1. The van der Waals surface area contributed by atoms with Gasteiger partial charge >= 0.3 is 0 Å². The van der Waals surface area contributed by atoms with Gasteiger partial charge in [-0.3, -0.25) is 0 Å². The minimum Gasteiger partial charge on any atom is -0.494 e. The maximum atomic E-state index is 9.69. The molecule has 0 aromatic heterocycles. The van der Waals surface area contributed by atoms with E-state index in [1.54, 1.807) is 7.11 Å². The average molecular weight is 236 g/mol. The first-order chi connectivity index (χ1) is 8.31. The predicted octanol–water partition coefficient (Wildman–Crippen LogP) is 2.47. The maximum absolute atomic E-state index is 9.69. The fraction of sp³-hybridized carbons (Fsp3) is 0.571. The molecule has 3 heteroatoms. The summed E-state index contributed by atoms with van der Waals surface area (Å²) in [7, 11) is 1.71. The molecular formula is C14H20O3. The summed E-state index contributed by atoms with van der Waals surface area (Å²) in [6.45, 7) is 1.52. The molecule has 1 aromatic rings. The lowest BCUT2D eigenvalue weighted by Crippen LogP contribution is -2.00. The third-order valence-corrected chi connectivity index (χ3v) is 3.17. The Bertz CT molecular complexity index is 362. The van der Waals surface area contributed by atoms with Crippen LogP contribution in [0.1, 0.15) is 36.5 Å². The first-order valence-corrected chi connectivity index (χ1v) is 6.24. The number of ether oxygens (including phenoxy) is 2. The van der Waals surface area contributed by atoms with Crippen molar-refractivity contribution in [2.45, 2.75) is 31.8 Å². The van der Waals surface area contributed by atoms with E-state index in [1.807, 2.05) is 12.1 Å². The monoisotopic (exact) mass is 236 g/mol. The van der Waals surface area contributed by atoms with Crippen LogP contribution in [0.3, 0.4) is 0 Å². The Hall–Kier alpha value is -1.06. The van der Waals surface area contributed by atoms with Crippen molar-refractivity contribution in [3.8, 4) is 5.75 Å². The Kier molecular flexibility index (Phi) is 4.40. The summed E-state index contributed by atoms with van der Waals surface area (Å²) in [6.07, 6.45) is 3.55. The minimum atomic E-state index is -0.277. The normalized spacial score (nSPS) is 18.1. The molecule has 0 aliphatic heterocycles. The van der Waals surface area contributed by atoms with Crippen LogP contribution in [0.2, 0.25) is 0 Å². The molecule has 0 saturated heterocycles. The molecule has 0 bridgehead atoms. The standard InChI is InChI=1S/C14H20O3/c1-16-8-2-3-9-17-12-5-6-13-11(10-12)4-7-14(13)15/h5-6,10,14-15H,2-4,7-9H2,1H3. The summed E-state index contributed by atoms with van der Waals surface area (Å²) in [5.74, 6) is 0.912. The summed E-state index contributed by atoms with van der Waals surface area (Å²) < 4.78 is 10.7. The highest BCUT2D eigenvalue weighted by Gasteiger charge is 2.20. The SMILES string of the molecule is COCCCCOc1ccc2c(c1)CCC2O. The van der Waals surface area contributed by atoms with E-state index in [9.17, 15) is 5.11 Å². The van der Waals surface area contributed by atoms with E-state index in [0.29, 0.717) is 0 Å². The molecule has 0 saturated carbocycles. The van der Waals surface area contributed by atoms with E-state index in [1.165, 1.54) is 5.56 Å². The highest BCUT2D eigenvalue weighted by molar-refractivity contribution is 5.39. The molecule has 0 heterocycles. The van der Waals surface area contributed by atoms with Crippen molar-refractivity contribution in [3.63, 3.8) is 0 Å². The van der Waals surface area contributed by atoms with Gasteiger partial charge in [0, 0.05) is 13.7 Å². The number of hydrogen-bond acceptors (Lipinski definition) is 3.